The topological polar surface area (TPSA) is 86.0 Å². The highest BCUT2D eigenvalue weighted by molar-refractivity contribution is 5.95. The molecule has 0 aliphatic carbocycles. The van der Waals surface area contributed by atoms with E-state index in [1.165, 1.54) is 6.07 Å². The van der Waals surface area contributed by atoms with Crippen LogP contribution in [-0.2, 0) is 0 Å². The monoisotopic (exact) mass is 253 g/mol. The molecule has 0 amide bonds. The number of hydrogen-bond donors (Lipinski definition) is 2. The minimum atomic E-state index is -1.03. The van der Waals surface area contributed by atoms with Gasteiger partial charge in [-0.3, -0.25) is 0 Å². The summed E-state index contributed by atoms with van der Waals surface area (Å²) in [6.45, 7) is 1.80. The second-order valence-corrected chi connectivity index (χ2v) is 3.94. The molecule has 1 aromatic heterocycles. The number of carboxylic acids is 1. The Kier molecular flexibility index (Phi) is 3.44. The van der Waals surface area contributed by atoms with Crippen molar-refractivity contribution in [3.05, 3.63) is 53.2 Å². The number of aromatic carboxylic acids is 1. The molecule has 0 bridgehead atoms. The first-order valence-electron chi connectivity index (χ1n) is 5.59. The molecule has 5 nitrogen and oxygen atoms in total. The van der Waals surface area contributed by atoms with Crippen LogP contribution < -0.4 is 5.32 Å². The number of aromatic nitrogens is 1. The van der Waals surface area contributed by atoms with E-state index >= 15 is 0 Å². The van der Waals surface area contributed by atoms with Crippen LogP contribution in [0.25, 0.3) is 0 Å². The molecule has 0 fully saturated rings. The summed E-state index contributed by atoms with van der Waals surface area (Å²) in [6, 6.07) is 11.9. The average molecular weight is 253 g/mol. The number of nitrogens with zero attached hydrogens (tertiary/aromatic N) is 2. The second-order valence-electron chi connectivity index (χ2n) is 3.94. The Morgan fingerprint density at radius 2 is 2.05 bits per heavy atom. The van der Waals surface area contributed by atoms with Crippen molar-refractivity contribution in [2.45, 2.75) is 6.92 Å². The molecule has 0 unspecified atom stereocenters. The molecular formula is C14H11N3O2. The van der Waals surface area contributed by atoms with Crippen LogP contribution in [0, 0.1) is 18.3 Å². The summed E-state index contributed by atoms with van der Waals surface area (Å²) < 4.78 is 0. The summed E-state index contributed by atoms with van der Waals surface area (Å²) in [5.74, 6) is -0.675. The third-order valence-electron chi connectivity index (χ3n) is 2.57. The number of rotatable bonds is 3. The Hall–Kier alpha value is -2.87. The molecule has 5 heteroatoms. The van der Waals surface area contributed by atoms with E-state index in [4.69, 9.17) is 10.4 Å². The van der Waals surface area contributed by atoms with Gasteiger partial charge < -0.3 is 10.4 Å². The highest BCUT2D eigenvalue weighted by Gasteiger charge is 2.11. The van der Waals surface area contributed by atoms with E-state index in [1.54, 1.807) is 37.3 Å². The maximum Gasteiger partial charge on any atom is 0.337 e. The highest BCUT2D eigenvalue weighted by Crippen LogP contribution is 2.22. The molecule has 0 aliphatic heterocycles. The van der Waals surface area contributed by atoms with Crippen LogP contribution in [0.3, 0.4) is 0 Å². The van der Waals surface area contributed by atoms with Crippen LogP contribution in [0.5, 0.6) is 0 Å². The number of pyridine rings is 1. The Morgan fingerprint density at radius 1 is 1.32 bits per heavy atom. The molecule has 19 heavy (non-hydrogen) atoms. The quantitative estimate of drug-likeness (QED) is 0.878. The van der Waals surface area contributed by atoms with Gasteiger partial charge in [0.2, 0.25) is 0 Å². The molecular weight excluding hydrogens is 242 g/mol. The predicted molar refractivity (Wildman–Crippen MR) is 70.4 cm³/mol. The van der Waals surface area contributed by atoms with Gasteiger partial charge >= 0.3 is 5.97 Å². The van der Waals surface area contributed by atoms with Gasteiger partial charge in [0.05, 0.1) is 16.8 Å². The van der Waals surface area contributed by atoms with E-state index in [0.29, 0.717) is 17.1 Å². The molecule has 2 N–H and O–H groups in total. The smallest absolute Gasteiger partial charge is 0.337 e. The number of para-hydroxylation sites is 1. The van der Waals surface area contributed by atoms with E-state index < -0.39 is 5.97 Å². The minimum Gasteiger partial charge on any atom is -0.478 e. The van der Waals surface area contributed by atoms with Crippen LogP contribution in [0.4, 0.5) is 11.5 Å². The van der Waals surface area contributed by atoms with Crippen molar-refractivity contribution in [1.82, 2.24) is 4.98 Å². The maximum atomic E-state index is 11.1. The molecule has 0 aliphatic rings. The van der Waals surface area contributed by atoms with Crippen molar-refractivity contribution in [3.8, 4) is 6.07 Å². The van der Waals surface area contributed by atoms with Crippen molar-refractivity contribution in [3.63, 3.8) is 0 Å². The molecule has 0 radical (unpaired) electrons. The van der Waals surface area contributed by atoms with Gasteiger partial charge in [-0.1, -0.05) is 12.1 Å². The molecule has 1 heterocycles. The first-order chi connectivity index (χ1) is 9.11. The van der Waals surface area contributed by atoms with Crippen molar-refractivity contribution in [2.24, 2.45) is 0 Å². The van der Waals surface area contributed by atoms with E-state index in [2.05, 4.69) is 10.3 Å². The summed E-state index contributed by atoms with van der Waals surface area (Å²) in [4.78, 5) is 15.3. The van der Waals surface area contributed by atoms with Gasteiger partial charge in [0.15, 0.2) is 0 Å². The molecule has 1 aromatic carbocycles. The number of nitriles is 1. The first-order valence-corrected chi connectivity index (χ1v) is 5.59. The molecule has 94 valence electrons. The maximum absolute atomic E-state index is 11.1. The Labute approximate surface area is 110 Å². The van der Waals surface area contributed by atoms with Gasteiger partial charge in [0, 0.05) is 5.69 Å². The predicted octanol–water partition coefficient (Wildman–Crippen LogP) is 2.70. The average Bonchev–Trinajstić information content (AvgIpc) is 2.39. The molecule has 0 saturated heterocycles. The lowest BCUT2D eigenvalue weighted by molar-refractivity contribution is 0.0698. The largest absolute Gasteiger partial charge is 0.478 e. The van der Waals surface area contributed by atoms with Gasteiger partial charge in [0.1, 0.15) is 11.9 Å². The van der Waals surface area contributed by atoms with Crippen LogP contribution in [0.15, 0.2) is 36.4 Å². The summed E-state index contributed by atoms with van der Waals surface area (Å²) in [5.41, 5.74) is 1.65. The van der Waals surface area contributed by atoms with Gasteiger partial charge in [-0.05, 0) is 31.2 Å². The molecule has 0 spiro atoms. The van der Waals surface area contributed by atoms with Crippen molar-refractivity contribution < 1.29 is 9.90 Å². The van der Waals surface area contributed by atoms with Gasteiger partial charge in [-0.25, -0.2) is 9.78 Å². The number of carbonyl (C=O) groups is 1. The van der Waals surface area contributed by atoms with Crippen LogP contribution in [-0.4, -0.2) is 16.1 Å². The van der Waals surface area contributed by atoms with Crippen LogP contribution in [0.1, 0.15) is 21.6 Å². The number of benzene rings is 1. The van der Waals surface area contributed by atoms with E-state index in [9.17, 15) is 4.79 Å². The number of nitrogens with one attached hydrogen (secondary N) is 1. The lowest BCUT2D eigenvalue weighted by Gasteiger charge is -2.10. The minimum absolute atomic E-state index is 0.134. The number of aryl methyl sites for hydroxylation is 1. The zero-order valence-electron chi connectivity index (χ0n) is 10.2. The zero-order valence-corrected chi connectivity index (χ0v) is 10.2. The van der Waals surface area contributed by atoms with Gasteiger partial charge in [-0.2, -0.15) is 5.26 Å². The molecule has 0 atom stereocenters. The lowest BCUT2D eigenvalue weighted by atomic mass is 10.1. The summed E-state index contributed by atoms with van der Waals surface area (Å²) in [7, 11) is 0. The fraction of sp³-hybridized carbons (Fsp3) is 0.0714. The Morgan fingerprint density at radius 3 is 2.74 bits per heavy atom. The zero-order chi connectivity index (χ0) is 13.8. The lowest BCUT2D eigenvalue weighted by Crippen LogP contribution is -2.04. The summed E-state index contributed by atoms with van der Waals surface area (Å²) >= 11 is 0. The van der Waals surface area contributed by atoms with Crippen molar-refractivity contribution >= 4 is 17.5 Å². The van der Waals surface area contributed by atoms with Crippen LogP contribution in [0.2, 0.25) is 0 Å². The molecule has 2 aromatic rings. The Balaban J connectivity index is 2.45. The van der Waals surface area contributed by atoms with Gasteiger partial charge in [-0.15, -0.1) is 0 Å². The highest BCUT2D eigenvalue weighted by atomic mass is 16.4. The number of anilines is 2. The Bertz CT molecular complexity index is 675. The summed E-state index contributed by atoms with van der Waals surface area (Å²) in [5, 5.41) is 21.0. The molecule has 0 saturated carbocycles. The third-order valence-corrected chi connectivity index (χ3v) is 2.57. The first kappa shape index (κ1) is 12.6. The SMILES string of the molecule is Cc1ccc(C#N)c(Nc2ccccc2C(=O)O)n1. The van der Waals surface area contributed by atoms with E-state index in [0.717, 1.165) is 5.69 Å². The molecule has 2 rings (SSSR count). The normalized spacial score (nSPS) is 9.68. The third kappa shape index (κ3) is 2.69. The fourth-order valence-corrected chi connectivity index (χ4v) is 1.65. The van der Waals surface area contributed by atoms with Crippen molar-refractivity contribution in [1.29, 1.82) is 5.26 Å². The van der Waals surface area contributed by atoms with Crippen LogP contribution >= 0.6 is 0 Å². The van der Waals surface area contributed by atoms with E-state index in [1.807, 2.05) is 6.07 Å². The number of carboxylic acid groups (broad SMARTS) is 1. The van der Waals surface area contributed by atoms with Crippen molar-refractivity contribution in [2.75, 3.05) is 5.32 Å². The standard InChI is InChI=1S/C14H11N3O2/c1-9-6-7-10(8-15)13(16-9)17-12-5-3-2-4-11(12)14(18)19/h2-7H,1H3,(H,16,17)(H,18,19). The number of hydrogen-bond acceptors (Lipinski definition) is 4. The summed E-state index contributed by atoms with van der Waals surface area (Å²) in [6.07, 6.45) is 0. The second kappa shape index (κ2) is 5.19. The van der Waals surface area contributed by atoms with E-state index in [-0.39, 0.29) is 5.56 Å². The fourth-order valence-electron chi connectivity index (χ4n) is 1.65. The van der Waals surface area contributed by atoms with Gasteiger partial charge in [0.25, 0.3) is 0 Å².